The standard InChI is InChI=1S/C21H24N4OS2/c1-16-5-6-17(2)18(14-16)25-12-11-24(21(25)27)15-22-7-9-23(10-8-22)20(26)19-4-3-13-28-19/h3-6,11-14H,7-10,15H2,1-2H3. The normalized spacial score (nSPS) is 15.1. The van der Waals surface area contributed by atoms with E-state index in [1.165, 1.54) is 22.5 Å². The van der Waals surface area contributed by atoms with E-state index in [1.807, 2.05) is 34.8 Å². The van der Waals surface area contributed by atoms with Crippen molar-refractivity contribution >= 4 is 29.5 Å². The van der Waals surface area contributed by atoms with Crippen molar-refractivity contribution < 1.29 is 4.79 Å². The number of aryl methyl sites for hydroxylation is 2. The Morgan fingerprint density at radius 2 is 1.89 bits per heavy atom. The SMILES string of the molecule is Cc1ccc(C)c(-n2ccn(CN3CCN(C(=O)c4cccs4)CC3)c2=S)c1. The molecule has 146 valence electrons. The lowest BCUT2D eigenvalue weighted by atomic mass is 10.1. The molecule has 0 unspecified atom stereocenters. The summed E-state index contributed by atoms with van der Waals surface area (Å²) in [5.74, 6) is 0.146. The Balaban J connectivity index is 1.42. The molecule has 28 heavy (non-hydrogen) atoms. The summed E-state index contributed by atoms with van der Waals surface area (Å²) in [6.07, 6.45) is 4.09. The van der Waals surface area contributed by atoms with E-state index in [2.05, 4.69) is 46.1 Å². The summed E-state index contributed by atoms with van der Waals surface area (Å²) < 4.78 is 4.98. The zero-order chi connectivity index (χ0) is 19.7. The van der Waals surface area contributed by atoms with Crippen LogP contribution in [0, 0.1) is 18.6 Å². The van der Waals surface area contributed by atoms with E-state index in [0.717, 1.165) is 48.2 Å². The quantitative estimate of drug-likeness (QED) is 0.605. The second kappa shape index (κ2) is 8.03. The van der Waals surface area contributed by atoms with Crippen LogP contribution in [0.15, 0.2) is 48.1 Å². The number of rotatable bonds is 4. The maximum Gasteiger partial charge on any atom is 0.264 e. The Morgan fingerprint density at radius 3 is 2.61 bits per heavy atom. The number of piperazine rings is 1. The maximum absolute atomic E-state index is 12.5. The number of aromatic nitrogens is 2. The number of carbonyl (C=O) groups excluding carboxylic acids is 1. The van der Waals surface area contributed by atoms with Crippen molar-refractivity contribution in [3.05, 3.63) is 68.9 Å². The van der Waals surface area contributed by atoms with Gasteiger partial charge in [0.05, 0.1) is 17.2 Å². The number of imidazole rings is 1. The molecule has 0 radical (unpaired) electrons. The topological polar surface area (TPSA) is 33.4 Å². The van der Waals surface area contributed by atoms with Crippen LogP contribution in [-0.4, -0.2) is 51.0 Å². The fourth-order valence-corrected chi connectivity index (χ4v) is 4.52. The third kappa shape index (κ3) is 3.83. The van der Waals surface area contributed by atoms with Gasteiger partial charge in [-0.1, -0.05) is 18.2 Å². The molecule has 1 amide bonds. The van der Waals surface area contributed by atoms with Gasteiger partial charge in [0.1, 0.15) is 0 Å². The van der Waals surface area contributed by atoms with Crippen LogP contribution in [0.2, 0.25) is 0 Å². The molecule has 2 aromatic heterocycles. The van der Waals surface area contributed by atoms with E-state index in [-0.39, 0.29) is 5.91 Å². The molecule has 4 rings (SSSR count). The molecule has 3 heterocycles. The van der Waals surface area contributed by atoms with Crippen molar-refractivity contribution in [3.63, 3.8) is 0 Å². The highest BCUT2D eigenvalue weighted by atomic mass is 32.1. The highest BCUT2D eigenvalue weighted by molar-refractivity contribution is 7.71. The van der Waals surface area contributed by atoms with E-state index < -0.39 is 0 Å². The second-order valence-electron chi connectivity index (χ2n) is 7.24. The molecule has 0 spiro atoms. The predicted molar refractivity (Wildman–Crippen MR) is 116 cm³/mol. The first-order valence-corrected chi connectivity index (χ1v) is 10.7. The first-order chi connectivity index (χ1) is 13.5. The molecule has 0 atom stereocenters. The monoisotopic (exact) mass is 412 g/mol. The number of amides is 1. The highest BCUT2D eigenvalue weighted by Crippen LogP contribution is 2.18. The van der Waals surface area contributed by atoms with E-state index >= 15 is 0 Å². The van der Waals surface area contributed by atoms with Gasteiger partial charge in [0.15, 0.2) is 4.77 Å². The number of hydrogen-bond acceptors (Lipinski definition) is 4. The molecule has 0 aliphatic carbocycles. The van der Waals surface area contributed by atoms with Gasteiger partial charge in [-0.15, -0.1) is 11.3 Å². The number of hydrogen-bond donors (Lipinski definition) is 0. The number of thiophene rings is 1. The second-order valence-corrected chi connectivity index (χ2v) is 8.55. The summed E-state index contributed by atoms with van der Waals surface area (Å²) in [4.78, 5) is 17.6. The van der Waals surface area contributed by atoms with Crippen LogP contribution >= 0.6 is 23.6 Å². The Kier molecular flexibility index (Phi) is 5.48. The molecule has 1 saturated heterocycles. The van der Waals surface area contributed by atoms with Gasteiger partial charge in [0, 0.05) is 38.6 Å². The molecule has 0 saturated carbocycles. The fraction of sp³-hybridized carbons (Fsp3) is 0.333. The molecular formula is C21H24N4OS2. The van der Waals surface area contributed by atoms with Crippen LogP contribution in [0.5, 0.6) is 0 Å². The number of carbonyl (C=O) groups is 1. The van der Waals surface area contributed by atoms with E-state index in [1.54, 1.807) is 0 Å². The molecule has 1 aromatic carbocycles. The average molecular weight is 413 g/mol. The molecule has 3 aromatic rings. The van der Waals surface area contributed by atoms with Gasteiger partial charge in [-0.2, -0.15) is 0 Å². The zero-order valence-corrected chi connectivity index (χ0v) is 17.8. The summed E-state index contributed by atoms with van der Waals surface area (Å²) in [5.41, 5.74) is 3.57. The molecule has 0 bridgehead atoms. The van der Waals surface area contributed by atoms with Crippen molar-refractivity contribution in [2.75, 3.05) is 26.2 Å². The van der Waals surface area contributed by atoms with Gasteiger partial charge in [0.2, 0.25) is 0 Å². The Morgan fingerprint density at radius 1 is 1.11 bits per heavy atom. The van der Waals surface area contributed by atoms with Crippen LogP contribution in [0.4, 0.5) is 0 Å². The minimum atomic E-state index is 0.146. The summed E-state index contributed by atoms with van der Waals surface area (Å²) in [7, 11) is 0. The third-order valence-corrected chi connectivity index (χ3v) is 6.50. The highest BCUT2D eigenvalue weighted by Gasteiger charge is 2.23. The number of benzene rings is 1. The van der Waals surface area contributed by atoms with Crippen LogP contribution in [0.3, 0.4) is 0 Å². The van der Waals surface area contributed by atoms with Gasteiger partial charge < -0.3 is 9.47 Å². The van der Waals surface area contributed by atoms with Crippen LogP contribution in [0.25, 0.3) is 5.69 Å². The summed E-state index contributed by atoms with van der Waals surface area (Å²) in [5, 5.41) is 1.95. The predicted octanol–water partition coefficient (Wildman–Crippen LogP) is 4.10. The Bertz CT molecular complexity index is 1030. The molecule has 7 heteroatoms. The Hall–Kier alpha value is -2.22. The van der Waals surface area contributed by atoms with Crippen LogP contribution in [-0.2, 0) is 6.67 Å². The summed E-state index contributed by atoms with van der Waals surface area (Å²) in [6.45, 7) is 8.17. The van der Waals surface area contributed by atoms with Crippen LogP contribution < -0.4 is 0 Å². The van der Waals surface area contributed by atoms with Gasteiger partial charge in [-0.05, 0) is 54.7 Å². The minimum Gasteiger partial charge on any atom is -0.335 e. The zero-order valence-electron chi connectivity index (χ0n) is 16.2. The van der Waals surface area contributed by atoms with Gasteiger partial charge in [0.25, 0.3) is 5.91 Å². The summed E-state index contributed by atoms with van der Waals surface area (Å²) in [6, 6.07) is 10.2. The molecule has 5 nitrogen and oxygen atoms in total. The van der Waals surface area contributed by atoms with Crippen LogP contribution in [0.1, 0.15) is 20.8 Å². The van der Waals surface area contributed by atoms with Crippen molar-refractivity contribution in [1.29, 1.82) is 0 Å². The largest absolute Gasteiger partial charge is 0.335 e. The van der Waals surface area contributed by atoms with E-state index in [4.69, 9.17) is 12.2 Å². The lowest BCUT2D eigenvalue weighted by molar-refractivity contribution is 0.0598. The molecular weight excluding hydrogens is 388 g/mol. The van der Waals surface area contributed by atoms with Crippen molar-refractivity contribution in [1.82, 2.24) is 18.9 Å². The third-order valence-electron chi connectivity index (χ3n) is 5.22. The minimum absolute atomic E-state index is 0.146. The number of nitrogens with zero attached hydrogens (tertiary/aromatic N) is 4. The van der Waals surface area contributed by atoms with Gasteiger partial charge in [-0.25, -0.2) is 0 Å². The van der Waals surface area contributed by atoms with E-state index in [9.17, 15) is 4.79 Å². The fourth-order valence-electron chi connectivity index (χ4n) is 3.55. The first kappa shape index (κ1) is 19.1. The molecule has 1 fully saturated rings. The molecule has 1 aliphatic heterocycles. The Labute approximate surface area is 174 Å². The molecule has 1 aliphatic rings. The average Bonchev–Trinajstić information content (AvgIpc) is 3.35. The lowest BCUT2D eigenvalue weighted by Crippen LogP contribution is -2.48. The smallest absolute Gasteiger partial charge is 0.264 e. The summed E-state index contributed by atoms with van der Waals surface area (Å²) >= 11 is 7.24. The van der Waals surface area contributed by atoms with Gasteiger partial charge >= 0.3 is 0 Å². The van der Waals surface area contributed by atoms with Crippen molar-refractivity contribution in [3.8, 4) is 5.69 Å². The molecule has 0 N–H and O–H groups in total. The first-order valence-electron chi connectivity index (χ1n) is 9.43. The van der Waals surface area contributed by atoms with E-state index in [0.29, 0.717) is 0 Å². The van der Waals surface area contributed by atoms with Crippen molar-refractivity contribution in [2.45, 2.75) is 20.5 Å². The van der Waals surface area contributed by atoms with Gasteiger partial charge in [-0.3, -0.25) is 14.3 Å². The maximum atomic E-state index is 12.5. The van der Waals surface area contributed by atoms with Crippen molar-refractivity contribution in [2.24, 2.45) is 0 Å². The lowest BCUT2D eigenvalue weighted by Gasteiger charge is -2.34.